The van der Waals surface area contributed by atoms with E-state index in [1.807, 2.05) is 23.1 Å². The summed E-state index contributed by atoms with van der Waals surface area (Å²) in [5.74, 6) is 1.43. The van der Waals surface area contributed by atoms with Crippen molar-refractivity contribution in [3.63, 3.8) is 0 Å². The lowest BCUT2D eigenvalue weighted by Gasteiger charge is -2.30. The molecule has 0 atom stereocenters. The Kier molecular flexibility index (Phi) is 4.27. The number of piperidine rings is 1. The van der Waals surface area contributed by atoms with Crippen LogP contribution in [0.2, 0.25) is 0 Å². The van der Waals surface area contributed by atoms with Crippen molar-refractivity contribution in [1.29, 1.82) is 0 Å². The first kappa shape index (κ1) is 13.4. The molecule has 1 heterocycles. The second kappa shape index (κ2) is 5.74. The van der Waals surface area contributed by atoms with Gasteiger partial charge in [-0.2, -0.15) is 0 Å². The third-order valence-corrected chi connectivity index (χ3v) is 3.96. The maximum atomic E-state index is 12.5. The van der Waals surface area contributed by atoms with Gasteiger partial charge < -0.3 is 9.64 Å². The van der Waals surface area contributed by atoms with Crippen LogP contribution in [0.25, 0.3) is 0 Å². The monoisotopic (exact) mass is 311 g/mol. The van der Waals surface area contributed by atoms with Crippen LogP contribution in [-0.2, 0) is 0 Å². The first-order valence-corrected chi connectivity index (χ1v) is 7.04. The summed E-state index contributed by atoms with van der Waals surface area (Å²) >= 11 is 3.40. The SMILES string of the molecule is COc1ccc(Br)cc1C(=O)N1CCC(C)CC1. The van der Waals surface area contributed by atoms with Crippen molar-refractivity contribution < 1.29 is 9.53 Å². The van der Waals surface area contributed by atoms with E-state index in [4.69, 9.17) is 4.74 Å². The largest absolute Gasteiger partial charge is 0.496 e. The number of halogens is 1. The summed E-state index contributed by atoms with van der Waals surface area (Å²) < 4.78 is 6.17. The summed E-state index contributed by atoms with van der Waals surface area (Å²) in [6.07, 6.45) is 2.17. The van der Waals surface area contributed by atoms with E-state index in [9.17, 15) is 4.79 Å². The zero-order valence-corrected chi connectivity index (χ0v) is 12.4. The fourth-order valence-corrected chi connectivity index (χ4v) is 2.59. The molecule has 0 N–H and O–H groups in total. The first-order chi connectivity index (χ1) is 8.61. The number of likely N-dealkylation sites (tertiary alicyclic amines) is 1. The van der Waals surface area contributed by atoms with E-state index < -0.39 is 0 Å². The molecule has 0 radical (unpaired) electrons. The Morgan fingerprint density at radius 1 is 1.39 bits per heavy atom. The minimum Gasteiger partial charge on any atom is -0.496 e. The van der Waals surface area contributed by atoms with E-state index >= 15 is 0 Å². The van der Waals surface area contributed by atoms with Crippen LogP contribution in [0.15, 0.2) is 22.7 Å². The smallest absolute Gasteiger partial charge is 0.257 e. The number of nitrogens with zero attached hydrogens (tertiary/aromatic N) is 1. The Morgan fingerprint density at radius 2 is 2.06 bits per heavy atom. The Balaban J connectivity index is 2.20. The number of amides is 1. The van der Waals surface area contributed by atoms with E-state index in [-0.39, 0.29) is 5.91 Å². The molecule has 1 aliphatic rings. The Labute approximate surface area is 116 Å². The van der Waals surface area contributed by atoms with Crippen molar-refractivity contribution in [2.75, 3.05) is 20.2 Å². The minimum atomic E-state index is 0.0695. The quantitative estimate of drug-likeness (QED) is 0.838. The van der Waals surface area contributed by atoms with E-state index in [0.717, 1.165) is 36.3 Å². The lowest BCUT2D eigenvalue weighted by molar-refractivity contribution is 0.0694. The molecule has 1 aromatic rings. The molecule has 4 heteroatoms. The van der Waals surface area contributed by atoms with Gasteiger partial charge in [0.25, 0.3) is 5.91 Å². The average Bonchev–Trinajstić information content (AvgIpc) is 2.39. The fourth-order valence-electron chi connectivity index (χ4n) is 2.23. The highest BCUT2D eigenvalue weighted by Crippen LogP contribution is 2.26. The standard InChI is InChI=1S/C14H18BrNO2/c1-10-5-7-16(8-6-10)14(17)12-9-11(15)3-4-13(12)18-2/h3-4,9-10H,5-8H2,1-2H3. The van der Waals surface area contributed by atoms with Gasteiger partial charge in [-0.25, -0.2) is 0 Å². The summed E-state index contributed by atoms with van der Waals surface area (Å²) in [6, 6.07) is 5.54. The second-order valence-corrected chi connectivity index (χ2v) is 5.74. The maximum absolute atomic E-state index is 12.5. The number of methoxy groups -OCH3 is 1. The van der Waals surface area contributed by atoms with Gasteiger partial charge in [-0.05, 0) is 37.0 Å². The number of hydrogen-bond acceptors (Lipinski definition) is 2. The highest BCUT2D eigenvalue weighted by atomic mass is 79.9. The summed E-state index contributed by atoms with van der Waals surface area (Å²) in [5, 5.41) is 0. The highest BCUT2D eigenvalue weighted by molar-refractivity contribution is 9.10. The van der Waals surface area contributed by atoms with Gasteiger partial charge in [0.15, 0.2) is 0 Å². The average molecular weight is 312 g/mol. The van der Waals surface area contributed by atoms with Crippen LogP contribution in [0.5, 0.6) is 5.75 Å². The first-order valence-electron chi connectivity index (χ1n) is 6.24. The second-order valence-electron chi connectivity index (χ2n) is 4.82. The molecule has 18 heavy (non-hydrogen) atoms. The minimum absolute atomic E-state index is 0.0695. The fraction of sp³-hybridized carbons (Fsp3) is 0.500. The molecule has 1 saturated heterocycles. The van der Waals surface area contributed by atoms with E-state index in [0.29, 0.717) is 11.3 Å². The Morgan fingerprint density at radius 3 is 2.67 bits per heavy atom. The zero-order chi connectivity index (χ0) is 13.1. The molecule has 2 rings (SSSR count). The summed E-state index contributed by atoms with van der Waals surface area (Å²) in [6.45, 7) is 3.92. The van der Waals surface area contributed by atoms with E-state index in [2.05, 4.69) is 22.9 Å². The van der Waals surface area contributed by atoms with Gasteiger partial charge in [-0.1, -0.05) is 22.9 Å². The van der Waals surface area contributed by atoms with Gasteiger partial charge >= 0.3 is 0 Å². The number of hydrogen-bond donors (Lipinski definition) is 0. The van der Waals surface area contributed by atoms with Crippen molar-refractivity contribution in [2.24, 2.45) is 5.92 Å². The zero-order valence-electron chi connectivity index (χ0n) is 10.8. The van der Waals surface area contributed by atoms with Crippen LogP contribution in [0.1, 0.15) is 30.1 Å². The van der Waals surface area contributed by atoms with Gasteiger partial charge in [0.2, 0.25) is 0 Å². The molecule has 1 aromatic carbocycles. The lowest BCUT2D eigenvalue weighted by Crippen LogP contribution is -2.38. The van der Waals surface area contributed by atoms with Crippen molar-refractivity contribution in [3.05, 3.63) is 28.2 Å². The number of benzene rings is 1. The Hall–Kier alpha value is -1.03. The van der Waals surface area contributed by atoms with E-state index in [1.54, 1.807) is 7.11 Å². The molecule has 1 amide bonds. The van der Waals surface area contributed by atoms with Crippen LogP contribution in [0.3, 0.4) is 0 Å². The van der Waals surface area contributed by atoms with Gasteiger partial charge in [-0.3, -0.25) is 4.79 Å². The summed E-state index contributed by atoms with van der Waals surface area (Å²) in [5.41, 5.74) is 0.640. The topological polar surface area (TPSA) is 29.5 Å². The molecule has 0 unspecified atom stereocenters. The van der Waals surface area contributed by atoms with Crippen LogP contribution >= 0.6 is 15.9 Å². The molecule has 98 valence electrons. The molecule has 0 spiro atoms. The number of carbonyl (C=O) groups excluding carboxylic acids is 1. The van der Waals surface area contributed by atoms with Crippen LogP contribution in [0.4, 0.5) is 0 Å². The van der Waals surface area contributed by atoms with Crippen LogP contribution in [0, 0.1) is 5.92 Å². The van der Waals surface area contributed by atoms with Crippen molar-refractivity contribution in [2.45, 2.75) is 19.8 Å². The van der Waals surface area contributed by atoms with Crippen molar-refractivity contribution in [1.82, 2.24) is 4.90 Å². The predicted molar refractivity (Wildman–Crippen MR) is 75.0 cm³/mol. The van der Waals surface area contributed by atoms with Crippen molar-refractivity contribution in [3.8, 4) is 5.75 Å². The molecule has 0 aliphatic carbocycles. The van der Waals surface area contributed by atoms with Gasteiger partial charge in [0.1, 0.15) is 5.75 Å². The molecule has 0 aromatic heterocycles. The molecule has 0 saturated carbocycles. The molecular formula is C14H18BrNO2. The highest BCUT2D eigenvalue weighted by Gasteiger charge is 2.23. The molecular weight excluding hydrogens is 294 g/mol. The predicted octanol–water partition coefficient (Wildman–Crippen LogP) is 3.33. The van der Waals surface area contributed by atoms with Crippen molar-refractivity contribution >= 4 is 21.8 Å². The van der Waals surface area contributed by atoms with Crippen LogP contribution < -0.4 is 4.74 Å². The lowest BCUT2D eigenvalue weighted by atomic mass is 9.98. The number of rotatable bonds is 2. The number of ether oxygens (including phenoxy) is 1. The maximum Gasteiger partial charge on any atom is 0.257 e. The Bertz CT molecular complexity index is 439. The van der Waals surface area contributed by atoms with Gasteiger partial charge in [0, 0.05) is 17.6 Å². The third-order valence-electron chi connectivity index (χ3n) is 3.46. The molecule has 0 bridgehead atoms. The summed E-state index contributed by atoms with van der Waals surface area (Å²) in [4.78, 5) is 14.4. The van der Waals surface area contributed by atoms with Gasteiger partial charge in [0.05, 0.1) is 12.7 Å². The third kappa shape index (κ3) is 2.86. The molecule has 3 nitrogen and oxygen atoms in total. The number of carbonyl (C=O) groups is 1. The molecule has 1 aliphatic heterocycles. The summed E-state index contributed by atoms with van der Waals surface area (Å²) in [7, 11) is 1.60. The normalized spacial score (nSPS) is 16.7. The van der Waals surface area contributed by atoms with E-state index in [1.165, 1.54) is 0 Å². The molecule has 1 fully saturated rings. The van der Waals surface area contributed by atoms with Crippen LogP contribution in [-0.4, -0.2) is 31.0 Å². The van der Waals surface area contributed by atoms with Gasteiger partial charge in [-0.15, -0.1) is 0 Å².